The molecule has 0 aliphatic carbocycles. The van der Waals surface area contributed by atoms with E-state index >= 15 is 0 Å². The van der Waals surface area contributed by atoms with E-state index in [1.165, 1.54) is 12.5 Å². The van der Waals surface area contributed by atoms with Gasteiger partial charge in [-0.25, -0.2) is 9.59 Å². The molecule has 35 heavy (non-hydrogen) atoms. The van der Waals surface area contributed by atoms with Gasteiger partial charge in [-0.2, -0.15) is 0 Å². The first-order valence-electron chi connectivity index (χ1n) is 11.6. The maximum absolute atomic E-state index is 11.9. The van der Waals surface area contributed by atoms with Crippen molar-refractivity contribution in [2.75, 3.05) is 37.1 Å². The molecular formula is C27H34N2O6. The number of anilines is 2. The molecule has 8 heteroatoms. The number of ether oxygens (including phenoxy) is 4. The summed E-state index contributed by atoms with van der Waals surface area (Å²) in [7, 11) is 0. The molecule has 2 amide bonds. The predicted octanol–water partition coefficient (Wildman–Crippen LogP) is 6.26. The number of rotatable bonds is 16. The van der Waals surface area contributed by atoms with Crippen LogP contribution in [0.15, 0.2) is 74.2 Å². The number of hydrogen-bond donors (Lipinski definition) is 2. The standard InChI is InChI=1S/C27H34N2O6/c1-3-32-17-5-7-19-34-26(30)28-24-13-9-22(10-14-24)21-23-11-15-25(16-12-23)29-27(31)35-20-8-6-18-33-4-2/h3-4,9-16H,1-2,5-8,17-21H2,(H,28,30)(H,29,31). The zero-order chi connectivity index (χ0) is 25.1. The fourth-order valence-electron chi connectivity index (χ4n) is 3.03. The Morgan fingerprint density at radius 2 is 1.00 bits per heavy atom. The summed E-state index contributed by atoms with van der Waals surface area (Å²) in [6.45, 7) is 8.74. The highest BCUT2D eigenvalue weighted by atomic mass is 16.6. The average molecular weight is 483 g/mol. The average Bonchev–Trinajstić information content (AvgIpc) is 2.86. The van der Waals surface area contributed by atoms with Crippen LogP contribution in [-0.4, -0.2) is 38.6 Å². The Hall–Kier alpha value is -3.94. The summed E-state index contributed by atoms with van der Waals surface area (Å²) in [5.74, 6) is 0. The predicted molar refractivity (Wildman–Crippen MR) is 136 cm³/mol. The van der Waals surface area contributed by atoms with Crippen LogP contribution in [0, 0.1) is 0 Å². The van der Waals surface area contributed by atoms with Crippen LogP contribution in [0.2, 0.25) is 0 Å². The van der Waals surface area contributed by atoms with Crippen LogP contribution < -0.4 is 10.6 Å². The van der Waals surface area contributed by atoms with Gasteiger partial charge in [-0.15, -0.1) is 0 Å². The van der Waals surface area contributed by atoms with Crippen molar-refractivity contribution in [1.29, 1.82) is 0 Å². The van der Waals surface area contributed by atoms with Gasteiger partial charge < -0.3 is 18.9 Å². The van der Waals surface area contributed by atoms with Gasteiger partial charge in [0.15, 0.2) is 0 Å². The first-order valence-corrected chi connectivity index (χ1v) is 11.6. The largest absolute Gasteiger partial charge is 0.502 e. The number of unbranched alkanes of at least 4 members (excludes halogenated alkanes) is 2. The minimum Gasteiger partial charge on any atom is -0.502 e. The molecule has 0 heterocycles. The maximum atomic E-state index is 11.9. The lowest BCUT2D eigenvalue weighted by Gasteiger charge is -2.09. The normalized spacial score (nSPS) is 10.1. The van der Waals surface area contributed by atoms with E-state index in [1.54, 1.807) is 0 Å². The fraction of sp³-hybridized carbons (Fsp3) is 0.333. The van der Waals surface area contributed by atoms with Crippen molar-refractivity contribution in [3.8, 4) is 0 Å². The van der Waals surface area contributed by atoms with Gasteiger partial charge in [0.25, 0.3) is 0 Å². The minimum atomic E-state index is -0.481. The van der Waals surface area contributed by atoms with Crippen LogP contribution in [0.25, 0.3) is 0 Å². The molecule has 2 aromatic carbocycles. The third-order valence-corrected chi connectivity index (χ3v) is 4.82. The number of carbonyl (C=O) groups is 2. The maximum Gasteiger partial charge on any atom is 0.411 e. The van der Waals surface area contributed by atoms with E-state index in [-0.39, 0.29) is 0 Å². The summed E-state index contributed by atoms with van der Waals surface area (Å²) >= 11 is 0. The van der Waals surface area contributed by atoms with Crippen LogP contribution in [0.1, 0.15) is 36.8 Å². The zero-order valence-electron chi connectivity index (χ0n) is 20.0. The first kappa shape index (κ1) is 27.3. The molecule has 0 radical (unpaired) electrons. The molecule has 2 aromatic rings. The molecule has 188 valence electrons. The van der Waals surface area contributed by atoms with Crippen molar-refractivity contribution in [2.24, 2.45) is 0 Å². The van der Waals surface area contributed by atoms with Gasteiger partial charge in [-0.05, 0) is 67.5 Å². The Morgan fingerprint density at radius 3 is 1.37 bits per heavy atom. The summed E-state index contributed by atoms with van der Waals surface area (Å²) in [6, 6.07) is 15.2. The molecule has 0 aliphatic rings. The molecule has 0 spiro atoms. The van der Waals surface area contributed by atoms with Gasteiger partial charge in [0.2, 0.25) is 0 Å². The smallest absolute Gasteiger partial charge is 0.411 e. The third kappa shape index (κ3) is 12.2. The van der Waals surface area contributed by atoms with Crippen LogP contribution in [0.4, 0.5) is 21.0 Å². The second-order valence-corrected chi connectivity index (χ2v) is 7.58. The quantitative estimate of drug-likeness (QED) is 0.217. The van der Waals surface area contributed by atoms with Crippen molar-refractivity contribution in [1.82, 2.24) is 0 Å². The minimum absolute atomic E-state index is 0.332. The van der Waals surface area contributed by atoms with E-state index in [1.807, 2.05) is 48.5 Å². The molecule has 0 saturated carbocycles. The molecule has 2 rings (SSSR count). The second-order valence-electron chi connectivity index (χ2n) is 7.58. The number of benzene rings is 2. The molecular weight excluding hydrogens is 448 g/mol. The van der Waals surface area contributed by atoms with Crippen molar-refractivity contribution >= 4 is 23.6 Å². The summed E-state index contributed by atoms with van der Waals surface area (Å²) in [5.41, 5.74) is 3.51. The molecule has 0 saturated heterocycles. The number of amides is 2. The van der Waals surface area contributed by atoms with Crippen LogP contribution in [0.3, 0.4) is 0 Å². The molecule has 0 fully saturated rings. The van der Waals surface area contributed by atoms with Crippen LogP contribution in [-0.2, 0) is 25.4 Å². The third-order valence-electron chi connectivity index (χ3n) is 4.82. The number of hydrogen-bond acceptors (Lipinski definition) is 6. The number of carbonyl (C=O) groups excluding carboxylic acids is 2. The van der Waals surface area contributed by atoms with Gasteiger partial charge in [0.1, 0.15) is 0 Å². The Morgan fingerprint density at radius 1 is 0.629 bits per heavy atom. The van der Waals surface area contributed by atoms with Crippen molar-refractivity contribution in [3.63, 3.8) is 0 Å². The van der Waals surface area contributed by atoms with E-state index in [0.717, 1.165) is 43.2 Å². The van der Waals surface area contributed by atoms with Crippen LogP contribution >= 0.6 is 0 Å². The number of nitrogens with one attached hydrogen (secondary N) is 2. The first-order chi connectivity index (χ1) is 17.1. The van der Waals surface area contributed by atoms with Crippen molar-refractivity contribution < 1.29 is 28.5 Å². The van der Waals surface area contributed by atoms with E-state index in [9.17, 15) is 9.59 Å². The highest BCUT2D eigenvalue weighted by Crippen LogP contribution is 2.16. The Labute approximate surface area is 206 Å². The van der Waals surface area contributed by atoms with Gasteiger partial charge in [-0.3, -0.25) is 10.6 Å². The van der Waals surface area contributed by atoms with Gasteiger partial charge >= 0.3 is 12.2 Å². The lowest BCUT2D eigenvalue weighted by atomic mass is 10.0. The molecule has 2 N–H and O–H groups in total. The van der Waals surface area contributed by atoms with E-state index < -0.39 is 12.2 Å². The highest BCUT2D eigenvalue weighted by Gasteiger charge is 2.05. The highest BCUT2D eigenvalue weighted by molar-refractivity contribution is 5.85. The zero-order valence-corrected chi connectivity index (χ0v) is 20.0. The fourth-order valence-corrected chi connectivity index (χ4v) is 3.03. The molecule has 0 atom stereocenters. The van der Waals surface area contributed by atoms with Gasteiger partial charge in [0.05, 0.1) is 39.0 Å². The van der Waals surface area contributed by atoms with Crippen molar-refractivity contribution in [2.45, 2.75) is 32.1 Å². The second kappa shape index (κ2) is 16.6. The summed E-state index contributed by atoms with van der Waals surface area (Å²) in [6.07, 6.45) is 5.59. The molecule has 0 aliphatic heterocycles. The molecule has 8 nitrogen and oxygen atoms in total. The van der Waals surface area contributed by atoms with Gasteiger partial charge in [-0.1, -0.05) is 37.4 Å². The molecule has 0 bridgehead atoms. The summed E-state index contributed by atoms with van der Waals surface area (Å²) in [4.78, 5) is 23.7. The monoisotopic (exact) mass is 482 g/mol. The summed E-state index contributed by atoms with van der Waals surface area (Å²) in [5, 5.41) is 5.43. The van der Waals surface area contributed by atoms with E-state index in [4.69, 9.17) is 18.9 Å². The lowest BCUT2D eigenvalue weighted by Crippen LogP contribution is -2.14. The molecule has 0 unspecified atom stereocenters. The Kier molecular flexibility index (Phi) is 13.0. The topological polar surface area (TPSA) is 95.1 Å². The Balaban J connectivity index is 1.68. The summed E-state index contributed by atoms with van der Waals surface area (Å²) < 4.78 is 20.3. The SMILES string of the molecule is C=COCCCCOC(=O)Nc1ccc(Cc2ccc(NC(=O)OCCCCOC=C)cc2)cc1. The van der Waals surface area contributed by atoms with Crippen molar-refractivity contribution in [3.05, 3.63) is 85.3 Å². The lowest BCUT2D eigenvalue weighted by molar-refractivity contribution is 0.153. The van der Waals surface area contributed by atoms with E-state index in [2.05, 4.69) is 23.8 Å². The van der Waals surface area contributed by atoms with E-state index in [0.29, 0.717) is 37.8 Å². The molecule has 0 aromatic heterocycles. The van der Waals surface area contributed by atoms with Gasteiger partial charge in [0, 0.05) is 11.4 Å². The Bertz CT molecular complexity index is 837. The van der Waals surface area contributed by atoms with Crippen LogP contribution in [0.5, 0.6) is 0 Å².